The van der Waals surface area contributed by atoms with Gasteiger partial charge in [0.25, 0.3) is 5.82 Å². The van der Waals surface area contributed by atoms with Gasteiger partial charge in [-0.25, -0.2) is 14.6 Å². The molecular weight excluding hydrogens is 344 g/mol. The van der Waals surface area contributed by atoms with Gasteiger partial charge in [0.1, 0.15) is 28.3 Å². The number of aryl methyl sites for hydroxylation is 1. The van der Waals surface area contributed by atoms with Gasteiger partial charge in [0.2, 0.25) is 0 Å². The third kappa shape index (κ3) is 3.33. The molecule has 0 radical (unpaired) electrons. The zero-order valence-electron chi connectivity index (χ0n) is 15.2. The van der Waals surface area contributed by atoms with Crippen molar-refractivity contribution in [2.75, 3.05) is 0 Å². The second-order valence-electron chi connectivity index (χ2n) is 6.14. The zero-order valence-corrected chi connectivity index (χ0v) is 15.2. The molecule has 3 rings (SSSR count). The molecule has 0 atom stereocenters. The lowest BCUT2D eigenvalue weighted by Crippen LogP contribution is -2.45. The molecule has 0 aliphatic heterocycles. The number of carboxylic acid groups (broad SMARTS) is 1. The quantitative estimate of drug-likeness (QED) is 0.606. The SMILES string of the molecule is CCc1[nH]c(=O)c(-c2ccccc2)c(CC)[n+]1-c1ccc(C(=O)O)c(O)c1. The number of carboxylic acids is 1. The Kier molecular flexibility index (Phi) is 5.07. The summed E-state index contributed by atoms with van der Waals surface area (Å²) < 4.78 is 1.88. The summed E-state index contributed by atoms with van der Waals surface area (Å²) in [5.41, 5.74) is 2.43. The minimum Gasteiger partial charge on any atom is -0.507 e. The Morgan fingerprint density at radius 1 is 1.07 bits per heavy atom. The van der Waals surface area contributed by atoms with E-state index in [-0.39, 0.29) is 16.9 Å². The number of rotatable bonds is 5. The van der Waals surface area contributed by atoms with Crippen molar-refractivity contribution in [1.82, 2.24) is 4.98 Å². The molecule has 0 saturated heterocycles. The standard InChI is InChI=1S/C21H20N2O4/c1-3-16-19(13-8-6-5-7-9-13)20(25)22-18(4-2)23(16)14-10-11-15(21(26)27)17(24)12-14/h5-12H,3-4H2,1-2H3,(H2,24,26,27)/p+1. The molecule has 0 bridgehead atoms. The zero-order chi connectivity index (χ0) is 19.6. The number of nitrogens with zero attached hydrogens (tertiary/aromatic N) is 1. The fourth-order valence-electron chi connectivity index (χ4n) is 3.29. The molecule has 0 saturated carbocycles. The first-order chi connectivity index (χ1) is 13.0. The van der Waals surface area contributed by atoms with Crippen molar-refractivity contribution in [2.45, 2.75) is 26.7 Å². The smallest absolute Gasteiger partial charge is 0.343 e. The maximum absolute atomic E-state index is 12.8. The lowest BCUT2D eigenvalue weighted by molar-refractivity contribution is -0.615. The summed E-state index contributed by atoms with van der Waals surface area (Å²) in [5.74, 6) is -0.829. The maximum Gasteiger partial charge on any atom is 0.343 e. The van der Waals surface area contributed by atoms with Crippen molar-refractivity contribution in [3.05, 3.63) is 76.0 Å². The van der Waals surface area contributed by atoms with Crippen LogP contribution < -0.4 is 10.1 Å². The van der Waals surface area contributed by atoms with E-state index in [0.717, 1.165) is 11.3 Å². The molecule has 1 aromatic heterocycles. The first-order valence-electron chi connectivity index (χ1n) is 8.80. The third-order valence-corrected chi connectivity index (χ3v) is 4.52. The highest BCUT2D eigenvalue weighted by Gasteiger charge is 2.25. The molecule has 3 N–H and O–H groups in total. The Morgan fingerprint density at radius 3 is 2.33 bits per heavy atom. The van der Waals surface area contributed by atoms with Gasteiger partial charge in [-0.15, -0.1) is 0 Å². The second kappa shape index (κ2) is 7.45. The van der Waals surface area contributed by atoms with Crippen molar-refractivity contribution < 1.29 is 19.6 Å². The Morgan fingerprint density at radius 2 is 1.78 bits per heavy atom. The number of aromatic amines is 1. The maximum atomic E-state index is 12.8. The number of benzene rings is 2. The predicted octanol–water partition coefficient (Wildman–Crippen LogP) is 2.85. The summed E-state index contributed by atoms with van der Waals surface area (Å²) in [4.78, 5) is 26.9. The summed E-state index contributed by atoms with van der Waals surface area (Å²) in [6, 6.07) is 13.8. The highest BCUT2D eigenvalue weighted by molar-refractivity contribution is 5.90. The van der Waals surface area contributed by atoms with Crippen LogP contribution >= 0.6 is 0 Å². The number of H-pyrrole nitrogens is 1. The van der Waals surface area contributed by atoms with E-state index in [1.165, 1.54) is 12.1 Å². The summed E-state index contributed by atoms with van der Waals surface area (Å²) in [7, 11) is 0. The summed E-state index contributed by atoms with van der Waals surface area (Å²) in [5, 5.41) is 19.3. The van der Waals surface area contributed by atoms with Crippen LogP contribution in [0.4, 0.5) is 0 Å². The first kappa shape index (κ1) is 18.4. The number of hydrogen-bond acceptors (Lipinski definition) is 3. The molecule has 0 unspecified atom stereocenters. The molecule has 2 aromatic carbocycles. The molecule has 0 amide bonds. The van der Waals surface area contributed by atoms with Crippen LogP contribution in [-0.2, 0) is 12.8 Å². The predicted molar refractivity (Wildman–Crippen MR) is 101 cm³/mol. The van der Waals surface area contributed by atoms with Crippen molar-refractivity contribution >= 4 is 5.97 Å². The van der Waals surface area contributed by atoms with E-state index in [0.29, 0.717) is 29.9 Å². The molecule has 138 valence electrons. The summed E-state index contributed by atoms with van der Waals surface area (Å²) >= 11 is 0. The van der Waals surface area contributed by atoms with E-state index in [2.05, 4.69) is 4.98 Å². The van der Waals surface area contributed by atoms with Crippen LogP contribution in [0, 0.1) is 0 Å². The van der Waals surface area contributed by atoms with Crippen LogP contribution in [0.3, 0.4) is 0 Å². The number of aromatic carboxylic acids is 1. The van der Waals surface area contributed by atoms with Gasteiger partial charge in [-0.1, -0.05) is 44.2 Å². The van der Waals surface area contributed by atoms with Gasteiger partial charge in [-0.2, -0.15) is 4.57 Å². The largest absolute Gasteiger partial charge is 0.507 e. The first-order valence-corrected chi connectivity index (χ1v) is 8.80. The van der Waals surface area contributed by atoms with E-state index in [1.807, 2.05) is 48.7 Å². The molecular formula is C21H21N2O4+. The van der Waals surface area contributed by atoms with E-state index >= 15 is 0 Å². The molecule has 1 heterocycles. The minimum absolute atomic E-state index is 0.164. The van der Waals surface area contributed by atoms with Gasteiger partial charge in [0, 0.05) is 18.9 Å². The molecule has 0 aliphatic rings. The highest BCUT2D eigenvalue weighted by Crippen LogP contribution is 2.22. The number of nitrogens with one attached hydrogen (secondary N) is 1. The van der Waals surface area contributed by atoms with E-state index in [1.54, 1.807) is 6.07 Å². The number of phenols is 1. The topological polar surface area (TPSA) is 94.3 Å². The van der Waals surface area contributed by atoms with Crippen LogP contribution in [0.2, 0.25) is 0 Å². The third-order valence-electron chi connectivity index (χ3n) is 4.52. The summed E-state index contributed by atoms with van der Waals surface area (Å²) in [6.07, 6.45) is 1.15. The van der Waals surface area contributed by atoms with Crippen LogP contribution in [0.25, 0.3) is 16.8 Å². The molecule has 0 fully saturated rings. The lowest BCUT2D eigenvalue weighted by atomic mass is 10.0. The Balaban J connectivity index is 2.34. The normalized spacial score (nSPS) is 10.7. The number of carbonyl (C=O) groups is 1. The minimum atomic E-state index is -1.19. The van der Waals surface area contributed by atoms with E-state index < -0.39 is 5.97 Å². The van der Waals surface area contributed by atoms with Crippen LogP contribution in [0.1, 0.15) is 35.7 Å². The number of aromatic nitrogens is 2. The monoisotopic (exact) mass is 365 g/mol. The van der Waals surface area contributed by atoms with Gasteiger partial charge >= 0.3 is 11.5 Å². The van der Waals surface area contributed by atoms with Gasteiger partial charge < -0.3 is 10.2 Å². The van der Waals surface area contributed by atoms with Crippen LogP contribution in [0.5, 0.6) is 5.75 Å². The van der Waals surface area contributed by atoms with Crippen molar-refractivity contribution in [2.24, 2.45) is 0 Å². The molecule has 6 heteroatoms. The van der Waals surface area contributed by atoms with Crippen molar-refractivity contribution in [3.8, 4) is 22.6 Å². The second-order valence-corrected chi connectivity index (χ2v) is 6.14. The molecule has 0 spiro atoms. The molecule has 6 nitrogen and oxygen atoms in total. The van der Waals surface area contributed by atoms with Gasteiger partial charge in [-0.05, 0) is 17.7 Å². The summed E-state index contributed by atoms with van der Waals surface area (Å²) in [6.45, 7) is 3.89. The fraction of sp³-hybridized carbons (Fsp3) is 0.190. The van der Waals surface area contributed by atoms with Gasteiger partial charge in [0.15, 0.2) is 0 Å². The average Bonchev–Trinajstić information content (AvgIpc) is 2.67. The highest BCUT2D eigenvalue weighted by atomic mass is 16.4. The lowest BCUT2D eigenvalue weighted by Gasteiger charge is -2.14. The molecule has 3 aromatic rings. The van der Waals surface area contributed by atoms with Crippen LogP contribution in [-0.4, -0.2) is 21.2 Å². The molecule has 27 heavy (non-hydrogen) atoms. The Labute approximate surface area is 156 Å². The Hall–Kier alpha value is -3.41. The van der Waals surface area contributed by atoms with Crippen molar-refractivity contribution in [3.63, 3.8) is 0 Å². The molecule has 0 aliphatic carbocycles. The van der Waals surface area contributed by atoms with Gasteiger partial charge in [0.05, 0.1) is 0 Å². The Bertz CT molecular complexity index is 1060. The van der Waals surface area contributed by atoms with Gasteiger partial charge in [-0.3, -0.25) is 0 Å². The fourth-order valence-corrected chi connectivity index (χ4v) is 3.29. The average molecular weight is 365 g/mol. The van der Waals surface area contributed by atoms with Crippen molar-refractivity contribution in [1.29, 1.82) is 0 Å². The number of aromatic hydroxyl groups is 1. The van der Waals surface area contributed by atoms with E-state index in [9.17, 15) is 14.7 Å². The number of hydrogen-bond donors (Lipinski definition) is 3. The van der Waals surface area contributed by atoms with Crippen LogP contribution in [0.15, 0.2) is 53.3 Å². The van der Waals surface area contributed by atoms with E-state index in [4.69, 9.17) is 5.11 Å².